The number of aliphatic hydroxyl groups excluding tert-OH is 1. The normalized spacial score (nSPS) is 17.4. The van der Waals surface area contributed by atoms with E-state index in [-0.39, 0.29) is 5.91 Å². The van der Waals surface area contributed by atoms with Gasteiger partial charge in [-0.2, -0.15) is 0 Å². The summed E-state index contributed by atoms with van der Waals surface area (Å²) in [7, 11) is 0. The maximum absolute atomic E-state index is 11.8. The van der Waals surface area contributed by atoms with Crippen molar-refractivity contribution < 1.29 is 9.90 Å². The minimum absolute atomic E-state index is 0.163. The van der Waals surface area contributed by atoms with Crippen LogP contribution in [0.25, 0.3) is 10.8 Å². The predicted octanol–water partition coefficient (Wildman–Crippen LogP) is 2.89. The standard InChI is InChI=1S/C17H19NO2/c19-16(12-18-10-4-3-7-17(18)20)15-9-8-13-5-1-2-6-14(13)11-15/h1-2,5-6,8-9,11,16,19H,3-4,7,10,12H2. The van der Waals surface area contributed by atoms with E-state index >= 15 is 0 Å². The van der Waals surface area contributed by atoms with Crippen LogP contribution in [0.15, 0.2) is 42.5 Å². The molecule has 104 valence electrons. The zero-order valence-corrected chi connectivity index (χ0v) is 11.5. The van der Waals surface area contributed by atoms with Crippen molar-refractivity contribution in [2.45, 2.75) is 25.4 Å². The average molecular weight is 269 g/mol. The maximum atomic E-state index is 11.8. The fraction of sp³-hybridized carbons (Fsp3) is 0.353. The number of carbonyl (C=O) groups excluding carboxylic acids is 1. The molecule has 1 fully saturated rings. The van der Waals surface area contributed by atoms with Crippen molar-refractivity contribution in [1.29, 1.82) is 0 Å². The number of β-amino-alcohol motifs (C(OH)–C–C–N with tert-alkyl or cyclic N) is 1. The molecule has 1 N–H and O–H groups in total. The second kappa shape index (κ2) is 5.63. The zero-order valence-electron chi connectivity index (χ0n) is 11.5. The SMILES string of the molecule is O=C1CCCCN1CC(O)c1ccc2ccccc2c1. The second-order valence-electron chi connectivity index (χ2n) is 5.42. The van der Waals surface area contributed by atoms with Gasteiger partial charge in [-0.15, -0.1) is 0 Å². The van der Waals surface area contributed by atoms with E-state index in [2.05, 4.69) is 6.07 Å². The Balaban J connectivity index is 1.77. The summed E-state index contributed by atoms with van der Waals surface area (Å²) in [6, 6.07) is 14.1. The van der Waals surface area contributed by atoms with Crippen LogP contribution >= 0.6 is 0 Å². The fourth-order valence-corrected chi connectivity index (χ4v) is 2.78. The Kier molecular flexibility index (Phi) is 3.70. The lowest BCUT2D eigenvalue weighted by Crippen LogP contribution is -2.38. The maximum Gasteiger partial charge on any atom is 0.222 e. The molecule has 1 saturated heterocycles. The summed E-state index contributed by atoms with van der Waals surface area (Å²) in [5.41, 5.74) is 0.877. The summed E-state index contributed by atoms with van der Waals surface area (Å²) in [6.45, 7) is 1.17. The molecule has 1 unspecified atom stereocenters. The van der Waals surface area contributed by atoms with Crippen LogP contribution in [0.1, 0.15) is 30.9 Å². The quantitative estimate of drug-likeness (QED) is 0.930. The van der Waals surface area contributed by atoms with E-state index in [0.29, 0.717) is 13.0 Å². The molecule has 3 heteroatoms. The van der Waals surface area contributed by atoms with Crippen LogP contribution in [-0.2, 0) is 4.79 Å². The van der Waals surface area contributed by atoms with E-state index in [1.165, 1.54) is 0 Å². The van der Waals surface area contributed by atoms with Gasteiger partial charge in [0.2, 0.25) is 5.91 Å². The third-order valence-electron chi connectivity index (χ3n) is 3.97. The molecule has 20 heavy (non-hydrogen) atoms. The molecule has 3 rings (SSSR count). The first-order valence-corrected chi connectivity index (χ1v) is 7.18. The highest BCUT2D eigenvalue weighted by molar-refractivity contribution is 5.83. The lowest BCUT2D eigenvalue weighted by atomic mass is 10.0. The van der Waals surface area contributed by atoms with Gasteiger partial charge in [-0.25, -0.2) is 0 Å². The number of hydrogen-bond acceptors (Lipinski definition) is 2. The van der Waals surface area contributed by atoms with Crippen molar-refractivity contribution in [3.63, 3.8) is 0 Å². The number of nitrogens with zero attached hydrogens (tertiary/aromatic N) is 1. The highest BCUT2D eigenvalue weighted by Gasteiger charge is 2.21. The van der Waals surface area contributed by atoms with E-state index in [9.17, 15) is 9.90 Å². The van der Waals surface area contributed by atoms with Gasteiger partial charge in [0, 0.05) is 13.0 Å². The summed E-state index contributed by atoms with van der Waals surface area (Å²) in [5, 5.41) is 12.6. The number of rotatable bonds is 3. The molecule has 0 aromatic heterocycles. The Bertz CT molecular complexity index is 623. The molecule has 3 nitrogen and oxygen atoms in total. The second-order valence-corrected chi connectivity index (χ2v) is 5.42. The number of amides is 1. The summed E-state index contributed by atoms with van der Waals surface area (Å²) >= 11 is 0. The highest BCUT2D eigenvalue weighted by atomic mass is 16.3. The first-order chi connectivity index (χ1) is 9.74. The molecule has 1 amide bonds. The lowest BCUT2D eigenvalue weighted by Gasteiger charge is -2.29. The van der Waals surface area contributed by atoms with Crippen molar-refractivity contribution in [2.75, 3.05) is 13.1 Å². The van der Waals surface area contributed by atoms with Gasteiger partial charge >= 0.3 is 0 Å². The van der Waals surface area contributed by atoms with Gasteiger partial charge in [0.25, 0.3) is 0 Å². The third kappa shape index (κ3) is 2.68. The Hall–Kier alpha value is -1.87. The van der Waals surface area contributed by atoms with Crippen LogP contribution in [0.4, 0.5) is 0 Å². The molecule has 1 aliphatic heterocycles. The van der Waals surface area contributed by atoms with Crippen molar-refractivity contribution in [3.05, 3.63) is 48.0 Å². The number of likely N-dealkylation sites (tertiary alicyclic amines) is 1. The molecule has 0 bridgehead atoms. The molecule has 2 aromatic carbocycles. The number of fused-ring (bicyclic) bond motifs is 1. The van der Waals surface area contributed by atoms with E-state index in [1.807, 2.05) is 36.4 Å². The van der Waals surface area contributed by atoms with Crippen molar-refractivity contribution in [1.82, 2.24) is 4.90 Å². The molecule has 0 aliphatic carbocycles. The number of aliphatic hydroxyl groups is 1. The monoisotopic (exact) mass is 269 g/mol. The smallest absolute Gasteiger partial charge is 0.222 e. The molecule has 0 spiro atoms. The van der Waals surface area contributed by atoms with Gasteiger partial charge in [-0.3, -0.25) is 4.79 Å². The van der Waals surface area contributed by atoms with Crippen molar-refractivity contribution >= 4 is 16.7 Å². The molecule has 1 aliphatic rings. The fourth-order valence-electron chi connectivity index (χ4n) is 2.78. The van der Waals surface area contributed by atoms with Gasteiger partial charge in [0.15, 0.2) is 0 Å². The summed E-state index contributed by atoms with van der Waals surface area (Å²) in [4.78, 5) is 13.6. The third-order valence-corrected chi connectivity index (χ3v) is 3.97. The van der Waals surface area contributed by atoms with Gasteiger partial charge in [0.1, 0.15) is 0 Å². The summed E-state index contributed by atoms with van der Waals surface area (Å²) in [5.74, 6) is 0.163. The Morgan fingerprint density at radius 2 is 1.90 bits per heavy atom. The van der Waals surface area contributed by atoms with Crippen molar-refractivity contribution in [3.8, 4) is 0 Å². The molecule has 1 heterocycles. The first-order valence-electron chi connectivity index (χ1n) is 7.18. The minimum Gasteiger partial charge on any atom is -0.387 e. The van der Waals surface area contributed by atoms with Crippen LogP contribution in [0.2, 0.25) is 0 Å². The summed E-state index contributed by atoms with van der Waals surface area (Å²) < 4.78 is 0. The van der Waals surface area contributed by atoms with Gasteiger partial charge in [-0.05, 0) is 35.2 Å². The highest BCUT2D eigenvalue weighted by Crippen LogP contribution is 2.22. The Morgan fingerprint density at radius 3 is 2.70 bits per heavy atom. The number of piperidine rings is 1. The molecule has 0 radical (unpaired) electrons. The van der Waals surface area contributed by atoms with E-state index in [1.54, 1.807) is 4.90 Å². The van der Waals surface area contributed by atoms with Gasteiger partial charge in [-0.1, -0.05) is 36.4 Å². The van der Waals surface area contributed by atoms with E-state index in [0.717, 1.165) is 35.7 Å². The lowest BCUT2D eigenvalue weighted by molar-refractivity contribution is -0.134. The van der Waals surface area contributed by atoms with Crippen molar-refractivity contribution in [2.24, 2.45) is 0 Å². The Morgan fingerprint density at radius 1 is 1.10 bits per heavy atom. The predicted molar refractivity (Wildman–Crippen MR) is 79.3 cm³/mol. The number of carbonyl (C=O) groups is 1. The summed E-state index contributed by atoms with van der Waals surface area (Å²) in [6.07, 6.45) is 2.02. The molecule has 0 saturated carbocycles. The van der Waals surface area contributed by atoms with E-state index in [4.69, 9.17) is 0 Å². The number of hydrogen-bond donors (Lipinski definition) is 1. The Labute approximate surface area is 118 Å². The first kappa shape index (κ1) is 13.1. The minimum atomic E-state index is -0.610. The molecular weight excluding hydrogens is 250 g/mol. The van der Waals surface area contributed by atoms with Crippen LogP contribution in [0.3, 0.4) is 0 Å². The molecular formula is C17H19NO2. The van der Waals surface area contributed by atoms with Gasteiger partial charge < -0.3 is 10.0 Å². The molecule has 2 aromatic rings. The van der Waals surface area contributed by atoms with E-state index < -0.39 is 6.10 Å². The molecule has 1 atom stereocenters. The zero-order chi connectivity index (χ0) is 13.9. The van der Waals surface area contributed by atoms with Crippen LogP contribution in [0.5, 0.6) is 0 Å². The van der Waals surface area contributed by atoms with Crippen LogP contribution in [-0.4, -0.2) is 29.0 Å². The topological polar surface area (TPSA) is 40.5 Å². The van der Waals surface area contributed by atoms with Crippen LogP contribution < -0.4 is 0 Å². The van der Waals surface area contributed by atoms with Gasteiger partial charge in [0.05, 0.1) is 12.6 Å². The average Bonchev–Trinajstić information content (AvgIpc) is 2.49. The van der Waals surface area contributed by atoms with Crippen LogP contribution in [0, 0.1) is 0 Å². The largest absolute Gasteiger partial charge is 0.387 e. The number of benzene rings is 2.